The predicted octanol–water partition coefficient (Wildman–Crippen LogP) is 6.32. The third-order valence-electron chi connectivity index (χ3n) is 2.16. The van der Waals surface area contributed by atoms with E-state index in [1.165, 1.54) is 32.5 Å². The second-order valence-electron chi connectivity index (χ2n) is 3.55. The summed E-state index contributed by atoms with van der Waals surface area (Å²) in [6.45, 7) is 2.23. The summed E-state index contributed by atoms with van der Waals surface area (Å²) in [6, 6.07) is 10.4. The fourth-order valence-corrected chi connectivity index (χ4v) is 3.27. The molecule has 0 spiro atoms. The van der Waals surface area contributed by atoms with Crippen LogP contribution in [0.3, 0.4) is 0 Å². The van der Waals surface area contributed by atoms with Gasteiger partial charge in [0.25, 0.3) is 0 Å². The third kappa shape index (κ3) is 5.55. The van der Waals surface area contributed by atoms with Gasteiger partial charge in [-0.3, -0.25) is 0 Å². The average molecular weight is 364 g/mol. The summed E-state index contributed by atoms with van der Waals surface area (Å²) in [5, 5.41) is 0. The Morgan fingerprint density at radius 2 is 1.81 bits per heavy atom. The van der Waals surface area contributed by atoms with Crippen molar-refractivity contribution in [2.75, 3.05) is 0 Å². The van der Waals surface area contributed by atoms with E-state index in [2.05, 4.69) is 63.0 Å². The van der Waals surface area contributed by atoms with Crippen molar-refractivity contribution < 1.29 is 0 Å². The third-order valence-corrected chi connectivity index (χ3v) is 5.65. The molecule has 16 heavy (non-hydrogen) atoms. The molecule has 0 nitrogen and oxygen atoms in total. The van der Waals surface area contributed by atoms with Gasteiger partial charge in [-0.1, -0.05) is 65.7 Å². The molecule has 0 aliphatic heterocycles. The lowest BCUT2D eigenvalue weighted by Gasteiger charge is -2.04. The topological polar surface area (TPSA) is 0 Å². The van der Waals surface area contributed by atoms with E-state index >= 15 is 0 Å². The summed E-state index contributed by atoms with van der Waals surface area (Å²) in [4.78, 5) is 1.27. The Labute approximate surface area is 119 Å². The van der Waals surface area contributed by atoms with Crippen LogP contribution in [0.5, 0.6) is 0 Å². The smallest absolute Gasteiger partial charge is 0.0652 e. The molecule has 1 rings (SSSR count). The molecule has 0 radical (unpaired) electrons. The lowest BCUT2D eigenvalue weighted by molar-refractivity contribution is 0.727. The minimum absolute atomic E-state index is 1.12. The van der Waals surface area contributed by atoms with Gasteiger partial charge in [-0.25, -0.2) is 0 Å². The van der Waals surface area contributed by atoms with Crippen molar-refractivity contribution in [1.82, 2.24) is 0 Å². The molecule has 0 atom stereocenters. The zero-order chi connectivity index (χ0) is 11.8. The highest BCUT2D eigenvalue weighted by Crippen LogP contribution is 2.37. The van der Waals surface area contributed by atoms with Gasteiger partial charge in [-0.05, 0) is 40.9 Å². The predicted molar refractivity (Wildman–Crippen MR) is 81.3 cm³/mol. The number of allylic oxidation sites excluding steroid dienone is 1. The minimum atomic E-state index is 1.12. The zero-order valence-electron chi connectivity index (χ0n) is 9.38. The molecule has 1 aromatic carbocycles. The second kappa shape index (κ2) is 8.37. The summed E-state index contributed by atoms with van der Waals surface area (Å²) in [6.07, 6.45) is 4.94. The molecular formula is C13H16Br2S. The van der Waals surface area contributed by atoms with Crippen LogP contribution in [0.25, 0.3) is 0 Å². The van der Waals surface area contributed by atoms with E-state index in [-0.39, 0.29) is 0 Å². The molecule has 3 heteroatoms. The Morgan fingerprint density at radius 3 is 2.44 bits per heavy atom. The average Bonchev–Trinajstić information content (AvgIpc) is 2.30. The van der Waals surface area contributed by atoms with E-state index < -0.39 is 0 Å². The highest BCUT2D eigenvalue weighted by Gasteiger charge is 2.03. The first-order valence-corrected chi connectivity index (χ1v) is 7.91. The quantitative estimate of drug-likeness (QED) is 0.421. The van der Waals surface area contributed by atoms with Crippen LogP contribution in [0.1, 0.15) is 32.6 Å². The fourth-order valence-electron chi connectivity index (χ4n) is 1.28. The maximum Gasteiger partial charge on any atom is 0.0652 e. The highest BCUT2D eigenvalue weighted by atomic mass is 79.9. The molecule has 0 heterocycles. The number of halogens is 2. The molecule has 0 fully saturated rings. The number of unbranched alkanes of at least 4 members (excludes halogenated alkanes) is 2. The molecule has 0 aliphatic carbocycles. The van der Waals surface area contributed by atoms with Crippen molar-refractivity contribution >= 4 is 43.6 Å². The van der Waals surface area contributed by atoms with E-state index in [1.54, 1.807) is 11.8 Å². The number of hydrogen-bond acceptors (Lipinski definition) is 1. The number of thioether (sulfide) groups is 1. The molecule has 0 amide bonds. The van der Waals surface area contributed by atoms with Crippen LogP contribution < -0.4 is 0 Å². The molecule has 0 aliphatic rings. The Kier molecular flexibility index (Phi) is 7.50. The van der Waals surface area contributed by atoms with Crippen molar-refractivity contribution in [3.8, 4) is 0 Å². The Morgan fingerprint density at radius 1 is 1.12 bits per heavy atom. The molecule has 88 valence electrons. The van der Waals surface area contributed by atoms with Gasteiger partial charge in [-0.2, -0.15) is 0 Å². The van der Waals surface area contributed by atoms with Crippen molar-refractivity contribution in [1.29, 1.82) is 0 Å². The van der Waals surface area contributed by atoms with Gasteiger partial charge < -0.3 is 0 Å². The van der Waals surface area contributed by atoms with Gasteiger partial charge in [0.2, 0.25) is 0 Å². The van der Waals surface area contributed by atoms with E-state index in [0.717, 1.165) is 6.42 Å². The SMILES string of the molecule is CCCCC/C(Br)=C(/Br)Sc1ccccc1. The Hall–Kier alpha value is 0.270. The second-order valence-corrected chi connectivity index (χ2v) is 6.91. The molecule has 1 aromatic rings. The van der Waals surface area contributed by atoms with Crippen LogP contribution in [-0.4, -0.2) is 0 Å². The lowest BCUT2D eigenvalue weighted by atomic mass is 10.2. The minimum Gasteiger partial charge on any atom is -0.0816 e. The zero-order valence-corrected chi connectivity index (χ0v) is 13.4. The van der Waals surface area contributed by atoms with E-state index in [1.807, 2.05) is 6.07 Å². The van der Waals surface area contributed by atoms with Gasteiger partial charge in [0, 0.05) is 9.38 Å². The van der Waals surface area contributed by atoms with Crippen molar-refractivity contribution in [2.45, 2.75) is 37.5 Å². The largest absolute Gasteiger partial charge is 0.0816 e. The van der Waals surface area contributed by atoms with Gasteiger partial charge in [0.05, 0.1) is 3.81 Å². The first-order chi connectivity index (χ1) is 7.74. The summed E-state index contributed by atoms with van der Waals surface area (Å²) in [5.41, 5.74) is 0. The van der Waals surface area contributed by atoms with Crippen LogP contribution in [0.4, 0.5) is 0 Å². The monoisotopic (exact) mass is 362 g/mol. The van der Waals surface area contributed by atoms with Crippen molar-refractivity contribution in [2.24, 2.45) is 0 Å². The molecule has 0 aromatic heterocycles. The molecule has 0 bridgehead atoms. The normalized spacial score (nSPS) is 12.4. The Balaban J connectivity index is 2.49. The van der Waals surface area contributed by atoms with Gasteiger partial charge in [0.1, 0.15) is 0 Å². The van der Waals surface area contributed by atoms with E-state index in [4.69, 9.17) is 0 Å². The first-order valence-electron chi connectivity index (χ1n) is 5.51. The summed E-state index contributed by atoms with van der Waals surface area (Å²) in [5.74, 6) is 0. The van der Waals surface area contributed by atoms with Gasteiger partial charge in [-0.15, -0.1) is 0 Å². The standard InChI is InChI=1S/C13H16Br2S/c1-2-3-5-10-12(14)13(15)16-11-8-6-4-7-9-11/h4,6-9H,2-3,5,10H2,1H3/b13-12+. The van der Waals surface area contributed by atoms with Gasteiger partial charge in [0.15, 0.2) is 0 Å². The number of rotatable bonds is 6. The number of benzene rings is 1. The number of hydrogen-bond donors (Lipinski definition) is 0. The fraction of sp³-hybridized carbons (Fsp3) is 0.385. The maximum absolute atomic E-state index is 3.64. The summed E-state index contributed by atoms with van der Waals surface area (Å²) >= 11 is 9.03. The molecule has 0 saturated heterocycles. The summed E-state index contributed by atoms with van der Waals surface area (Å²) < 4.78 is 2.46. The van der Waals surface area contributed by atoms with Crippen LogP contribution in [-0.2, 0) is 0 Å². The lowest BCUT2D eigenvalue weighted by Crippen LogP contribution is -1.78. The van der Waals surface area contributed by atoms with Crippen LogP contribution >= 0.6 is 43.6 Å². The van der Waals surface area contributed by atoms with Crippen molar-refractivity contribution in [3.05, 3.63) is 38.6 Å². The molecule has 0 N–H and O–H groups in total. The molecule has 0 unspecified atom stereocenters. The summed E-state index contributed by atoms with van der Waals surface area (Å²) in [7, 11) is 0. The van der Waals surface area contributed by atoms with E-state index in [0.29, 0.717) is 0 Å². The van der Waals surface area contributed by atoms with E-state index in [9.17, 15) is 0 Å². The molecular weight excluding hydrogens is 348 g/mol. The van der Waals surface area contributed by atoms with Crippen LogP contribution in [0.15, 0.2) is 43.5 Å². The highest BCUT2D eigenvalue weighted by molar-refractivity contribution is 9.15. The van der Waals surface area contributed by atoms with Crippen LogP contribution in [0, 0.1) is 0 Å². The maximum atomic E-state index is 3.64. The Bertz CT molecular complexity index is 333. The van der Waals surface area contributed by atoms with Crippen molar-refractivity contribution in [3.63, 3.8) is 0 Å². The first kappa shape index (κ1) is 14.3. The van der Waals surface area contributed by atoms with Gasteiger partial charge >= 0.3 is 0 Å². The molecule has 0 saturated carbocycles. The van der Waals surface area contributed by atoms with Crippen LogP contribution in [0.2, 0.25) is 0 Å².